The summed E-state index contributed by atoms with van der Waals surface area (Å²) in [4.78, 5) is 11.9. The summed E-state index contributed by atoms with van der Waals surface area (Å²) in [5, 5.41) is 6.30. The molecular formula is C12H14ClFN2O. The molecule has 3 nitrogen and oxygen atoms in total. The van der Waals surface area contributed by atoms with Crippen LogP contribution in [0.2, 0.25) is 5.02 Å². The van der Waals surface area contributed by atoms with E-state index in [1.807, 2.05) is 6.92 Å². The molecule has 0 aromatic heterocycles. The first kappa shape index (κ1) is 12.3. The number of carbonyl (C=O) groups is 1. The van der Waals surface area contributed by atoms with Crippen molar-refractivity contribution < 1.29 is 9.18 Å². The van der Waals surface area contributed by atoms with Crippen molar-refractivity contribution in [3.05, 3.63) is 34.6 Å². The zero-order valence-electron chi connectivity index (χ0n) is 9.52. The summed E-state index contributed by atoms with van der Waals surface area (Å²) < 4.78 is 13.5. The fourth-order valence-corrected chi connectivity index (χ4v) is 2.10. The van der Waals surface area contributed by atoms with Crippen molar-refractivity contribution >= 4 is 17.5 Å². The van der Waals surface area contributed by atoms with Gasteiger partial charge in [-0.05, 0) is 38.1 Å². The third-order valence-corrected chi connectivity index (χ3v) is 3.19. The highest BCUT2D eigenvalue weighted by molar-refractivity contribution is 6.30. The molecule has 1 amide bonds. The molecule has 0 spiro atoms. The maximum Gasteiger partial charge on any atom is 0.254 e. The van der Waals surface area contributed by atoms with Gasteiger partial charge in [0, 0.05) is 11.6 Å². The van der Waals surface area contributed by atoms with E-state index in [9.17, 15) is 9.18 Å². The Bertz CT molecular complexity index is 444. The molecule has 5 heteroatoms. The zero-order valence-corrected chi connectivity index (χ0v) is 10.3. The molecule has 1 unspecified atom stereocenters. The van der Waals surface area contributed by atoms with Crippen LogP contribution >= 0.6 is 11.6 Å². The topological polar surface area (TPSA) is 41.1 Å². The Hall–Kier alpha value is -1.13. The minimum absolute atomic E-state index is 0.0301. The van der Waals surface area contributed by atoms with Crippen molar-refractivity contribution in [2.24, 2.45) is 0 Å². The quantitative estimate of drug-likeness (QED) is 0.849. The summed E-state index contributed by atoms with van der Waals surface area (Å²) in [5.74, 6) is -0.991. The van der Waals surface area contributed by atoms with Gasteiger partial charge < -0.3 is 10.6 Å². The molecule has 92 valence electrons. The molecular weight excluding hydrogens is 243 g/mol. The van der Waals surface area contributed by atoms with Crippen molar-refractivity contribution in [3.63, 3.8) is 0 Å². The number of benzene rings is 1. The van der Waals surface area contributed by atoms with Crippen LogP contribution in [0.5, 0.6) is 0 Å². The number of rotatable bonds is 2. The first-order valence-corrected chi connectivity index (χ1v) is 5.86. The average Bonchev–Trinajstić information content (AvgIpc) is 2.64. The molecule has 1 aromatic rings. The molecule has 17 heavy (non-hydrogen) atoms. The van der Waals surface area contributed by atoms with E-state index in [1.165, 1.54) is 12.1 Å². The Morgan fingerprint density at radius 2 is 2.35 bits per heavy atom. The van der Waals surface area contributed by atoms with Crippen LogP contribution in [0.3, 0.4) is 0 Å². The van der Waals surface area contributed by atoms with E-state index < -0.39 is 11.7 Å². The lowest BCUT2D eigenvalue weighted by molar-refractivity contribution is 0.0909. The van der Waals surface area contributed by atoms with Crippen molar-refractivity contribution in [2.45, 2.75) is 18.9 Å². The summed E-state index contributed by atoms with van der Waals surface area (Å²) in [5.41, 5.74) is -0.272. The monoisotopic (exact) mass is 256 g/mol. The largest absolute Gasteiger partial charge is 0.345 e. The van der Waals surface area contributed by atoms with Gasteiger partial charge in [0.05, 0.1) is 11.1 Å². The number of hydrogen-bond donors (Lipinski definition) is 2. The van der Waals surface area contributed by atoms with Crippen molar-refractivity contribution in [3.8, 4) is 0 Å². The molecule has 1 fully saturated rings. The van der Waals surface area contributed by atoms with Gasteiger partial charge >= 0.3 is 0 Å². The van der Waals surface area contributed by atoms with Crippen LogP contribution in [0.25, 0.3) is 0 Å². The van der Waals surface area contributed by atoms with Crippen molar-refractivity contribution in [2.75, 3.05) is 13.1 Å². The van der Waals surface area contributed by atoms with Crippen LogP contribution in [0, 0.1) is 5.82 Å². The predicted molar refractivity (Wildman–Crippen MR) is 64.8 cm³/mol. The maximum absolute atomic E-state index is 13.5. The Morgan fingerprint density at radius 3 is 2.94 bits per heavy atom. The zero-order chi connectivity index (χ0) is 12.5. The van der Waals surface area contributed by atoms with Gasteiger partial charge in [0.1, 0.15) is 5.82 Å². The standard InChI is InChI=1S/C12H14ClFN2O/c1-12(4-5-15-7-12)16-11(17)9-3-2-8(13)6-10(9)14/h2-3,6,15H,4-5,7H2,1H3,(H,16,17). The van der Waals surface area contributed by atoms with Gasteiger partial charge in [-0.1, -0.05) is 11.6 Å². The first-order valence-electron chi connectivity index (χ1n) is 5.48. The Kier molecular flexibility index (Phi) is 3.35. The van der Waals surface area contributed by atoms with Gasteiger partial charge in [0.25, 0.3) is 5.91 Å². The minimum Gasteiger partial charge on any atom is -0.345 e. The summed E-state index contributed by atoms with van der Waals surface area (Å²) >= 11 is 5.64. The molecule has 1 saturated heterocycles. The normalized spacial score (nSPS) is 23.7. The maximum atomic E-state index is 13.5. The fourth-order valence-electron chi connectivity index (χ4n) is 1.94. The first-order chi connectivity index (χ1) is 8.00. The lowest BCUT2D eigenvalue weighted by Crippen LogP contribution is -2.47. The van der Waals surface area contributed by atoms with Crippen LogP contribution in [0.15, 0.2) is 18.2 Å². The Balaban J connectivity index is 2.14. The van der Waals surface area contributed by atoms with Crippen LogP contribution in [-0.2, 0) is 0 Å². The summed E-state index contributed by atoms with van der Waals surface area (Å²) in [6.07, 6.45) is 0.841. The molecule has 1 atom stereocenters. The molecule has 0 aliphatic carbocycles. The van der Waals surface area contributed by atoms with Gasteiger partial charge in [0.15, 0.2) is 0 Å². The number of halogens is 2. The molecule has 0 radical (unpaired) electrons. The highest BCUT2D eigenvalue weighted by Crippen LogP contribution is 2.18. The molecule has 2 N–H and O–H groups in total. The van der Waals surface area contributed by atoms with E-state index in [-0.39, 0.29) is 16.1 Å². The molecule has 1 aromatic carbocycles. The molecule has 1 aliphatic rings. The minimum atomic E-state index is -0.593. The van der Waals surface area contributed by atoms with E-state index >= 15 is 0 Å². The second kappa shape index (κ2) is 4.63. The van der Waals surface area contributed by atoms with E-state index in [1.54, 1.807) is 0 Å². The molecule has 2 rings (SSSR count). The summed E-state index contributed by atoms with van der Waals surface area (Å²) in [6, 6.07) is 4.05. The molecule has 1 aliphatic heterocycles. The summed E-state index contributed by atoms with van der Waals surface area (Å²) in [7, 11) is 0. The van der Waals surface area contributed by atoms with Crippen molar-refractivity contribution in [1.29, 1.82) is 0 Å². The smallest absolute Gasteiger partial charge is 0.254 e. The van der Waals surface area contributed by atoms with E-state index in [0.717, 1.165) is 19.0 Å². The average molecular weight is 257 g/mol. The predicted octanol–water partition coefficient (Wildman–Crippen LogP) is 1.96. The van der Waals surface area contributed by atoms with Crippen LogP contribution < -0.4 is 10.6 Å². The third-order valence-electron chi connectivity index (χ3n) is 2.96. The highest BCUT2D eigenvalue weighted by Gasteiger charge is 2.30. The Morgan fingerprint density at radius 1 is 1.59 bits per heavy atom. The lowest BCUT2D eigenvalue weighted by atomic mass is 10.0. The molecule has 0 saturated carbocycles. The van der Waals surface area contributed by atoms with E-state index in [4.69, 9.17) is 11.6 Å². The van der Waals surface area contributed by atoms with Gasteiger partial charge in [-0.15, -0.1) is 0 Å². The van der Waals surface area contributed by atoms with Crippen molar-refractivity contribution in [1.82, 2.24) is 10.6 Å². The van der Waals surface area contributed by atoms with E-state index in [2.05, 4.69) is 10.6 Å². The van der Waals surface area contributed by atoms with Gasteiger partial charge in [-0.25, -0.2) is 4.39 Å². The number of amides is 1. The van der Waals surface area contributed by atoms with Crippen LogP contribution in [-0.4, -0.2) is 24.5 Å². The second-order valence-electron chi connectivity index (χ2n) is 4.57. The van der Waals surface area contributed by atoms with Gasteiger partial charge in [-0.3, -0.25) is 4.79 Å². The lowest BCUT2D eigenvalue weighted by Gasteiger charge is -2.24. The molecule has 0 bridgehead atoms. The van der Waals surface area contributed by atoms with Crippen LogP contribution in [0.1, 0.15) is 23.7 Å². The SMILES string of the molecule is CC1(NC(=O)c2ccc(Cl)cc2F)CCNC1. The Labute approximate surface area is 104 Å². The molecule has 1 heterocycles. The number of hydrogen-bond acceptors (Lipinski definition) is 2. The number of nitrogens with one attached hydrogen (secondary N) is 2. The van der Waals surface area contributed by atoms with Crippen LogP contribution in [0.4, 0.5) is 4.39 Å². The number of carbonyl (C=O) groups excluding carboxylic acids is 1. The van der Waals surface area contributed by atoms with Gasteiger partial charge in [-0.2, -0.15) is 0 Å². The second-order valence-corrected chi connectivity index (χ2v) is 5.00. The fraction of sp³-hybridized carbons (Fsp3) is 0.417. The van der Waals surface area contributed by atoms with Gasteiger partial charge in [0.2, 0.25) is 0 Å². The van der Waals surface area contributed by atoms with E-state index in [0.29, 0.717) is 6.54 Å². The third kappa shape index (κ3) is 2.76. The highest BCUT2D eigenvalue weighted by atomic mass is 35.5. The summed E-state index contributed by atoms with van der Waals surface area (Å²) in [6.45, 7) is 3.51.